The number of nitrogens with zero attached hydrogens (tertiary/aromatic N) is 2. The first-order chi connectivity index (χ1) is 8.20. The Labute approximate surface area is 100 Å². The molecule has 5 nitrogen and oxygen atoms in total. The number of pyridine rings is 1. The van der Waals surface area contributed by atoms with Crippen LogP contribution in [0.5, 0.6) is 5.75 Å². The number of nitrogens with one attached hydrogen (secondary N) is 2. The quantitative estimate of drug-likeness (QED) is 0.849. The molecular formula is C12H16N4O. The molecular weight excluding hydrogens is 216 g/mol. The third-order valence-electron chi connectivity index (χ3n) is 2.53. The van der Waals surface area contributed by atoms with E-state index in [1.54, 1.807) is 19.5 Å². The van der Waals surface area contributed by atoms with E-state index in [0.29, 0.717) is 0 Å². The first-order valence-electron chi connectivity index (χ1n) is 5.47. The number of anilines is 1. The highest BCUT2D eigenvalue weighted by molar-refractivity contribution is 5.56. The van der Waals surface area contributed by atoms with Crippen LogP contribution in [-0.2, 0) is 0 Å². The molecule has 0 bridgehead atoms. The minimum absolute atomic E-state index is 0.0840. The smallest absolute Gasteiger partial charge is 0.160 e. The maximum Gasteiger partial charge on any atom is 0.160 e. The van der Waals surface area contributed by atoms with E-state index in [-0.39, 0.29) is 6.04 Å². The van der Waals surface area contributed by atoms with Gasteiger partial charge >= 0.3 is 0 Å². The molecule has 2 aromatic rings. The van der Waals surface area contributed by atoms with Crippen LogP contribution >= 0.6 is 0 Å². The largest absolute Gasteiger partial charge is 0.493 e. The van der Waals surface area contributed by atoms with E-state index in [2.05, 4.69) is 20.3 Å². The average molecular weight is 232 g/mol. The number of aryl methyl sites for hydroxylation is 1. The average Bonchev–Trinajstić information content (AvgIpc) is 2.83. The Hall–Kier alpha value is -2.04. The number of hydrogen-bond acceptors (Lipinski definition) is 4. The molecule has 0 saturated heterocycles. The van der Waals surface area contributed by atoms with Crippen LogP contribution in [0.15, 0.2) is 24.7 Å². The summed E-state index contributed by atoms with van der Waals surface area (Å²) in [6, 6.07) is 2.04. The van der Waals surface area contributed by atoms with Gasteiger partial charge in [-0.05, 0) is 19.9 Å². The number of aromatic amines is 1. The molecule has 0 spiro atoms. The number of rotatable bonds is 4. The number of hydrogen-bond donors (Lipinski definition) is 2. The zero-order valence-corrected chi connectivity index (χ0v) is 10.2. The van der Waals surface area contributed by atoms with E-state index in [1.165, 1.54) is 0 Å². The second-order valence-corrected chi connectivity index (χ2v) is 3.87. The van der Waals surface area contributed by atoms with Gasteiger partial charge in [0.1, 0.15) is 5.82 Å². The highest BCUT2D eigenvalue weighted by atomic mass is 16.5. The molecule has 0 aliphatic carbocycles. The molecule has 17 heavy (non-hydrogen) atoms. The second kappa shape index (κ2) is 4.86. The van der Waals surface area contributed by atoms with E-state index < -0.39 is 0 Å². The fourth-order valence-corrected chi connectivity index (χ4v) is 1.64. The summed E-state index contributed by atoms with van der Waals surface area (Å²) < 4.78 is 5.26. The molecule has 0 saturated carbocycles. The van der Waals surface area contributed by atoms with Crippen molar-refractivity contribution >= 4 is 5.69 Å². The van der Waals surface area contributed by atoms with Crippen molar-refractivity contribution in [2.75, 3.05) is 12.4 Å². The van der Waals surface area contributed by atoms with Crippen molar-refractivity contribution < 1.29 is 4.74 Å². The molecule has 2 aromatic heterocycles. The van der Waals surface area contributed by atoms with Crippen molar-refractivity contribution in [2.24, 2.45) is 0 Å². The van der Waals surface area contributed by atoms with Crippen molar-refractivity contribution in [3.05, 3.63) is 36.2 Å². The molecule has 5 heteroatoms. The van der Waals surface area contributed by atoms with E-state index in [1.807, 2.05) is 26.1 Å². The van der Waals surface area contributed by atoms with E-state index in [9.17, 15) is 0 Å². The third kappa shape index (κ3) is 2.55. The molecule has 0 amide bonds. The molecule has 90 valence electrons. The van der Waals surface area contributed by atoms with Crippen LogP contribution in [-0.4, -0.2) is 22.1 Å². The van der Waals surface area contributed by atoms with Crippen molar-refractivity contribution in [2.45, 2.75) is 19.9 Å². The molecule has 0 aromatic carbocycles. The van der Waals surface area contributed by atoms with E-state index in [0.717, 1.165) is 23.0 Å². The summed E-state index contributed by atoms with van der Waals surface area (Å²) in [6.45, 7) is 3.98. The van der Waals surface area contributed by atoms with Crippen LogP contribution in [0.4, 0.5) is 5.69 Å². The highest BCUT2D eigenvalue weighted by Gasteiger charge is 2.11. The van der Waals surface area contributed by atoms with Gasteiger partial charge in [0.05, 0.1) is 25.0 Å². The van der Waals surface area contributed by atoms with Gasteiger partial charge in [0.25, 0.3) is 0 Å². The minimum atomic E-state index is 0.0840. The SMILES string of the molecule is COc1cnc(C)cc1NC(C)c1ncc[nH]1. The third-order valence-corrected chi connectivity index (χ3v) is 2.53. The number of aromatic nitrogens is 3. The van der Waals surface area contributed by atoms with Gasteiger partial charge in [0.15, 0.2) is 5.75 Å². The summed E-state index contributed by atoms with van der Waals surface area (Å²) in [5.41, 5.74) is 1.86. The maximum absolute atomic E-state index is 5.26. The van der Waals surface area contributed by atoms with Crippen molar-refractivity contribution in [1.82, 2.24) is 15.0 Å². The Balaban J connectivity index is 2.20. The lowest BCUT2D eigenvalue weighted by molar-refractivity contribution is 0.414. The topological polar surface area (TPSA) is 62.8 Å². The van der Waals surface area contributed by atoms with Crippen LogP contribution in [0, 0.1) is 6.92 Å². The molecule has 2 rings (SSSR count). The van der Waals surface area contributed by atoms with Crippen LogP contribution in [0.2, 0.25) is 0 Å². The van der Waals surface area contributed by atoms with Crippen molar-refractivity contribution in [3.63, 3.8) is 0 Å². The number of ether oxygens (including phenoxy) is 1. The van der Waals surface area contributed by atoms with Crippen molar-refractivity contribution in [3.8, 4) is 5.75 Å². The second-order valence-electron chi connectivity index (χ2n) is 3.87. The number of methoxy groups -OCH3 is 1. The Morgan fingerprint density at radius 2 is 2.24 bits per heavy atom. The summed E-state index contributed by atoms with van der Waals surface area (Å²) in [6.07, 6.45) is 5.26. The van der Waals surface area contributed by atoms with Crippen molar-refractivity contribution in [1.29, 1.82) is 0 Å². The monoisotopic (exact) mass is 232 g/mol. The summed E-state index contributed by atoms with van der Waals surface area (Å²) in [4.78, 5) is 11.5. The molecule has 0 aliphatic heterocycles. The minimum Gasteiger partial charge on any atom is -0.493 e. The molecule has 2 heterocycles. The Kier molecular flexibility index (Phi) is 3.27. The van der Waals surface area contributed by atoms with Gasteiger partial charge < -0.3 is 15.0 Å². The normalized spacial score (nSPS) is 12.2. The standard InChI is InChI=1S/C12H16N4O/c1-8-6-10(11(17-3)7-15-8)16-9(2)12-13-4-5-14-12/h4-7,9H,1-3H3,(H,13,14)(H,15,16). The molecule has 1 atom stereocenters. The number of H-pyrrole nitrogens is 1. The zero-order chi connectivity index (χ0) is 12.3. The maximum atomic E-state index is 5.26. The zero-order valence-electron chi connectivity index (χ0n) is 10.2. The van der Waals surface area contributed by atoms with Gasteiger partial charge in [-0.2, -0.15) is 0 Å². The molecule has 0 radical (unpaired) electrons. The van der Waals surface area contributed by atoms with Crippen LogP contribution < -0.4 is 10.1 Å². The lowest BCUT2D eigenvalue weighted by Crippen LogP contribution is -2.09. The lowest BCUT2D eigenvalue weighted by atomic mass is 10.2. The van der Waals surface area contributed by atoms with Crippen LogP contribution in [0.1, 0.15) is 24.5 Å². The Morgan fingerprint density at radius 3 is 2.88 bits per heavy atom. The lowest BCUT2D eigenvalue weighted by Gasteiger charge is -2.15. The summed E-state index contributed by atoms with van der Waals surface area (Å²) >= 11 is 0. The molecule has 0 aliphatic rings. The van der Waals surface area contributed by atoms with Gasteiger partial charge in [-0.25, -0.2) is 4.98 Å². The van der Waals surface area contributed by atoms with E-state index >= 15 is 0 Å². The number of imidazole rings is 1. The van der Waals surface area contributed by atoms with Gasteiger partial charge in [-0.15, -0.1) is 0 Å². The van der Waals surface area contributed by atoms with Crippen LogP contribution in [0.3, 0.4) is 0 Å². The Morgan fingerprint density at radius 1 is 1.41 bits per heavy atom. The Bertz CT molecular complexity index is 481. The summed E-state index contributed by atoms with van der Waals surface area (Å²) in [5, 5.41) is 3.35. The molecule has 2 N–H and O–H groups in total. The summed E-state index contributed by atoms with van der Waals surface area (Å²) in [5.74, 6) is 1.62. The summed E-state index contributed by atoms with van der Waals surface area (Å²) in [7, 11) is 1.63. The van der Waals surface area contributed by atoms with Gasteiger partial charge in [0.2, 0.25) is 0 Å². The van der Waals surface area contributed by atoms with Crippen LogP contribution in [0.25, 0.3) is 0 Å². The highest BCUT2D eigenvalue weighted by Crippen LogP contribution is 2.26. The predicted octanol–water partition coefficient (Wildman–Crippen LogP) is 2.29. The fourth-order valence-electron chi connectivity index (χ4n) is 1.64. The predicted molar refractivity (Wildman–Crippen MR) is 66.2 cm³/mol. The van der Waals surface area contributed by atoms with Gasteiger partial charge in [-0.3, -0.25) is 4.98 Å². The fraction of sp³-hybridized carbons (Fsp3) is 0.333. The van der Waals surface area contributed by atoms with Gasteiger partial charge in [0, 0.05) is 18.1 Å². The first kappa shape index (κ1) is 11.4. The molecule has 1 unspecified atom stereocenters. The first-order valence-corrected chi connectivity index (χ1v) is 5.47. The van der Waals surface area contributed by atoms with E-state index in [4.69, 9.17) is 4.74 Å². The van der Waals surface area contributed by atoms with Gasteiger partial charge in [-0.1, -0.05) is 0 Å². The molecule has 0 fully saturated rings.